The Kier molecular flexibility index (Phi) is 9.03. The molecule has 2 unspecified atom stereocenters. The average Bonchev–Trinajstić information content (AvgIpc) is 3.14. The number of carboxylic acids is 1. The standard InChI is InChI=1S/C22H35NO2/c1-2-3-4-5-6-7-8-9-18-10-12-19(13-11-18)16-21(22(24)25)20-14-15-23-17-20/h10-13,20-21,23H,2-9,14-17H2,1H3,(H,24,25). The summed E-state index contributed by atoms with van der Waals surface area (Å²) in [5, 5.41) is 12.8. The van der Waals surface area contributed by atoms with Gasteiger partial charge in [-0.25, -0.2) is 0 Å². The maximum atomic E-state index is 11.6. The lowest BCUT2D eigenvalue weighted by Gasteiger charge is -2.18. The van der Waals surface area contributed by atoms with Gasteiger partial charge in [-0.2, -0.15) is 0 Å². The van der Waals surface area contributed by atoms with Crippen molar-refractivity contribution in [3.8, 4) is 0 Å². The van der Waals surface area contributed by atoms with Crippen LogP contribution in [0.25, 0.3) is 0 Å². The van der Waals surface area contributed by atoms with Gasteiger partial charge in [0.15, 0.2) is 0 Å². The molecular weight excluding hydrogens is 310 g/mol. The highest BCUT2D eigenvalue weighted by molar-refractivity contribution is 5.71. The van der Waals surface area contributed by atoms with E-state index in [0.29, 0.717) is 6.42 Å². The molecule has 1 aromatic rings. The Morgan fingerprint density at radius 2 is 1.72 bits per heavy atom. The smallest absolute Gasteiger partial charge is 0.307 e. The minimum absolute atomic E-state index is 0.260. The second-order valence-corrected chi connectivity index (χ2v) is 7.59. The zero-order valence-electron chi connectivity index (χ0n) is 15.8. The Labute approximate surface area is 153 Å². The molecule has 1 aliphatic heterocycles. The predicted molar refractivity (Wildman–Crippen MR) is 104 cm³/mol. The van der Waals surface area contributed by atoms with E-state index in [9.17, 15) is 9.90 Å². The Balaban J connectivity index is 1.72. The van der Waals surface area contributed by atoms with E-state index >= 15 is 0 Å². The summed E-state index contributed by atoms with van der Waals surface area (Å²) in [4.78, 5) is 11.6. The molecule has 2 rings (SSSR count). The van der Waals surface area contributed by atoms with E-state index < -0.39 is 5.97 Å². The molecule has 1 saturated heterocycles. The lowest BCUT2D eigenvalue weighted by atomic mass is 9.86. The molecule has 0 saturated carbocycles. The number of rotatable bonds is 12. The van der Waals surface area contributed by atoms with Crippen molar-refractivity contribution in [2.24, 2.45) is 11.8 Å². The van der Waals surface area contributed by atoms with E-state index in [2.05, 4.69) is 36.5 Å². The number of carbonyl (C=O) groups is 1. The van der Waals surface area contributed by atoms with Gasteiger partial charge in [-0.1, -0.05) is 69.7 Å². The maximum Gasteiger partial charge on any atom is 0.307 e. The fourth-order valence-corrected chi connectivity index (χ4v) is 3.86. The topological polar surface area (TPSA) is 49.3 Å². The van der Waals surface area contributed by atoms with Crippen LogP contribution in [-0.2, 0) is 17.6 Å². The van der Waals surface area contributed by atoms with E-state index in [0.717, 1.165) is 31.5 Å². The van der Waals surface area contributed by atoms with Gasteiger partial charge in [-0.05, 0) is 55.8 Å². The van der Waals surface area contributed by atoms with E-state index in [1.54, 1.807) is 0 Å². The zero-order chi connectivity index (χ0) is 17.9. The molecule has 1 aliphatic rings. The highest BCUT2D eigenvalue weighted by Crippen LogP contribution is 2.24. The van der Waals surface area contributed by atoms with Crippen LogP contribution >= 0.6 is 0 Å². The fraction of sp³-hybridized carbons (Fsp3) is 0.682. The number of aryl methyl sites for hydroxylation is 1. The van der Waals surface area contributed by atoms with Crippen LogP contribution in [-0.4, -0.2) is 24.2 Å². The quantitative estimate of drug-likeness (QED) is 0.533. The molecule has 0 bridgehead atoms. The fourth-order valence-electron chi connectivity index (χ4n) is 3.86. The molecule has 0 aromatic heterocycles. The third kappa shape index (κ3) is 7.19. The van der Waals surface area contributed by atoms with E-state index in [1.165, 1.54) is 50.5 Å². The lowest BCUT2D eigenvalue weighted by Crippen LogP contribution is -2.27. The summed E-state index contributed by atoms with van der Waals surface area (Å²) in [6.45, 7) is 4.05. The van der Waals surface area contributed by atoms with Gasteiger partial charge in [0.05, 0.1) is 5.92 Å². The molecular formula is C22H35NO2. The molecule has 3 heteroatoms. The van der Waals surface area contributed by atoms with Crippen LogP contribution in [0.4, 0.5) is 0 Å². The number of hydrogen-bond donors (Lipinski definition) is 2. The summed E-state index contributed by atoms with van der Waals surface area (Å²) >= 11 is 0. The summed E-state index contributed by atoms with van der Waals surface area (Å²) < 4.78 is 0. The zero-order valence-corrected chi connectivity index (χ0v) is 15.8. The van der Waals surface area contributed by atoms with Crippen molar-refractivity contribution < 1.29 is 9.90 Å². The summed E-state index contributed by atoms with van der Waals surface area (Å²) in [7, 11) is 0. The first-order valence-electron chi connectivity index (χ1n) is 10.2. The van der Waals surface area contributed by atoms with Gasteiger partial charge in [0.1, 0.15) is 0 Å². The van der Waals surface area contributed by atoms with Crippen LogP contribution < -0.4 is 5.32 Å². The second kappa shape index (κ2) is 11.3. The predicted octanol–water partition coefficient (Wildman–Crippen LogP) is 4.83. The Morgan fingerprint density at radius 1 is 1.08 bits per heavy atom. The molecule has 0 amide bonds. The molecule has 3 nitrogen and oxygen atoms in total. The molecule has 0 spiro atoms. The molecule has 25 heavy (non-hydrogen) atoms. The first-order valence-corrected chi connectivity index (χ1v) is 10.2. The van der Waals surface area contributed by atoms with Gasteiger partial charge in [-0.15, -0.1) is 0 Å². The Morgan fingerprint density at radius 3 is 2.32 bits per heavy atom. The van der Waals surface area contributed by atoms with Crippen molar-refractivity contribution in [2.45, 2.75) is 71.1 Å². The second-order valence-electron chi connectivity index (χ2n) is 7.59. The van der Waals surface area contributed by atoms with Crippen molar-refractivity contribution in [1.82, 2.24) is 5.32 Å². The first-order chi connectivity index (χ1) is 12.2. The van der Waals surface area contributed by atoms with E-state index in [1.807, 2.05) is 0 Å². The largest absolute Gasteiger partial charge is 0.481 e. The number of unbranched alkanes of at least 4 members (excludes halogenated alkanes) is 6. The van der Waals surface area contributed by atoms with Crippen LogP contribution in [0.5, 0.6) is 0 Å². The van der Waals surface area contributed by atoms with Crippen LogP contribution in [0.3, 0.4) is 0 Å². The normalized spacial score (nSPS) is 18.4. The minimum Gasteiger partial charge on any atom is -0.481 e. The molecule has 1 aromatic carbocycles. The van der Waals surface area contributed by atoms with Crippen LogP contribution in [0, 0.1) is 11.8 Å². The molecule has 0 radical (unpaired) electrons. The van der Waals surface area contributed by atoms with Crippen molar-refractivity contribution in [3.05, 3.63) is 35.4 Å². The number of carboxylic acid groups (broad SMARTS) is 1. The minimum atomic E-state index is -0.652. The Bertz CT molecular complexity index is 491. The van der Waals surface area contributed by atoms with Crippen LogP contribution in [0.1, 0.15) is 69.4 Å². The molecule has 2 N–H and O–H groups in total. The van der Waals surface area contributed by atoms with Crippen molar-refractivity contribution in [3.63, 3.8) is 0 Å². The van der Waals surface area contributed by atoms with Crippen LogP contribution in [0.2, 0.25) is 0 Å². The average molecular weight is 346 g/mol. The monoisotopic (exact) mass is 345 g/mol. The van der Waals surface area contributed by atoms with Gasteiger partial charge in [0, 0.05) is 0 Å². The van der Waals surface area contributed by atoms with Crippen molar-refractivity contribution in [2.75, 3.05) is 13.1 Å². The summed E-state index contributed by atoms with van der Waals surface area (Å²) in [5.41, 5.74) is 2.54. The molecule has 0 aliphatic carbocycles. The number of benzene rings is 1. The highest BCUT2D eigenvalue weighted by atomic mass is 16.4. The van der Waals surface area contributed by atoms with E-state index in [4.69, 9.17) is 0 Å². The lowest BCUT2D eigenvalue weighted by molar-refractivity contribution is -0.143. The third-order valence-electron chi connectivity index (χ3n) is 5.53. The highest BCUT2D eigenvalue weighted by Gasteiger charge is 2.30. The molecule has 1 fully saturated rings. The molecule has 2 atom stereocenters. The molecule has 1 heterocycles. The summed E-state index contributed by atoms with van der Waals surface area (Å²) in [6.07, 6.45) is 12.1. The van der Waals surface area contributed by atoms with Gasteiger partial charge in [0.25, 0.3) is 0 Å². The van der Waals surface area contributed by atoms with Crippen molar-refractivity contribution >= 4 is 5.97 Å². The molecule has 140 valence electrons. The van der Waals surface area contributed by atoms with Gasteiger partial charge < -0.3 is 10.4 Å². The number of aliphatic carboxylic acids is 1. The van der Waals surface area contributed by atoms with E-state index in [-0.39, 0.29) is 11.8 Å². The third-order valence-corrected chi connectivity index (χ3v) is 5.53. The number of nitrogens with one attached hydrogen (secondary N) is 1. The Hall–Kier alpha value is -1.35. The van der Waals surface area contributed by atoms with Gasteiger partial charge >= 0.3 is 5.97 Å². The van der Waals surface area contributed by atoms with Crippen molar-refractivity contribution in [1.29, 1.82) is 0 Å². The van der Waals surface area contributed by atoms with Gasteiger partial charge in [0.2, 0.25) is 0 Å². The summed E-state index contributed by atoms with van der Waals surface area (Å²) in [6, 6.07) is 8.65. The summed E-state index contributed by atoms with van der Waals surface area (Å²) in [5.74, 6) is -0.644. The van der Waals surface area contributed by atoms with Gasteiger partial charge in [-0.3, -0.25) is 4.79 Å². The van der Waals surface area contributed by atoms with Crippen LogP contribution in [0.15, 0.2) is 24.3 Å². The SMILES string of the molecule is CCCCCCCCCc1ccc(CC(C(=O)O)C2CCNC2)cc1. The first kappa shape index (κ1) is 20.0. The number of hydrogen-bond acceptors (Lipinski definition) is 2. The maximum absolute atomic E-state index is 11.6.